The number of rotatable bonds is 6. The Morgan fingerprint density at radius 2 is 1.70 bits per heavy atom. The van der Waals surface area contributed by atoms with Crippen molar-refractivity contribution in [2.45, 2.75) is 49.3 Å². The molecule has 180 valence electrons. The summed E-state index contributed by atoms with van der Waals surface area (Å²) in [4.78, 5) is 14.3. The van der Waals surface area contributed by atoms with Crippen molar-refractivity contribution in [3.8, 4) is 11.5 Å². The van der Waals surface area contributed by atoms with E-state index < -0.39 is 27.2 Å². The van der Waals surface area contributed by atoms with Gasteiger partial charge < -0.3 is 14.7 Å². The number of hydrogen-bond donors (Lipinski definition) is 1. The molecular formula is C23H26F3NO5S. The Morgan fingerprint density at radius 3 is 2.21 bits per heavy atom. The average molecular weight is 486 g/mol. The lowest BCUT2D eigenvalue weighted by Crippen LogP contribution is -2.46. The summed E-state index contributed by atoms with van der Waals surface area (Å²) in [5.74, 6) is -0.274. The van der Waals surface area contributed by atoms with Gasteiger partial charge in [-0.1, -0.05) is 6.92 Å². The van der Waals surface area contributed by atoms with Crippen molar-refractivity contribution >= 4 is 15.7 Å². The fourth-order valence-corrected chi connectivity index (χ4v) is 4.32. The van der Waals surface area contributed by atoms with Crippen LogP contribution < -0.4 is 4.74 Å². The molecule has 0 spiro atoms. The molecule has 1 saturated heterocycles. The molecule has 3 rings (SSSR count). The molecular weight excluding hydrogens is 459 g/mol. The van der Waals surface area contributed by atoms with Crippen LogP contribution in [0.5, 0.6) is 11.5 Å². The number of ether oxygens (including phenoxy) is 1. The third-order valence-electron chi connectivity index (χ3n) is 5.84. The molecule has 33 heavy (non-hydrogen) atoms. The van der Waals surface area contributed by atoms with Gasteiger partial charge in [0.15, 0.2) is 9.84 Å². The highest BCUT2D eigenvalue weighted by molar-refractivity contribution is 7.90. The van der Waals surface area contributed by atoms with Gasteiger partial charge in [-0.2, -0.15) is 13.2 Å². The molecule has 0 aromatic heterocycles. The van der Waals surface area contributed by atoms with Crippen molar-refractivity contribution in [1.82, 2.24) is 4.90 Å². The Labute approximate surface area is 190 Å². The normalized spacial score (nSPS) is 16.5. The Bertz CT molecular complexity index is 1110. The molecule has 1 heterocycles. The average Bonchev–Trinajstić information content (AvgIpc) is 2.73. The topological polar surface area (TPSA) is 83.9 Å². The first-order valence-corrected chi connectivity index (χ1v) is 12.4. The molecule has 1 amide bonds. The van der Waals surface area contributed by atoms with Crippen LogP contribution >= 0.6 is 0 Å². The van der Waals surface area contributed by atoms with Crippen LogP contribution in [0.4, 0.5) is 13.2 Å². The van der Waals surface area contributed by atoms with Gasteiger partial charge in [-0.15, -0.1) is 0 Å². The first-order chi connectivity index (χ1) is 15.3. The number of likely N-dealkylation sites (tertiary alicyclic amines) is 1. The van der Waals surface area contributed by atoms with E-state index in [4.69, 9.17) is 4.74 Å². The molecule has 1 aliphatic heterocycles. The number of halogens is 3. The third-order valence-corrected chi connectivity index (χ3v) is 6.97. The van der Waals surface area contributed by atoms with Gasteiger partial charge in [-0.05, 0) is 67.3 Å². The fourth-order valence-electron chi connectivity index (χ4n) is 3.69. The van der Waals surface area contributed by atoms with Gasteiger partial charge in [0.25, 0.3) is 0 Å². The van der Waals surface area contributed by atoms with E-state index in [-0.39, 0.29) is 34.3 Å². The van der Waals surface area contributed by atoms with Crippen molar-refractivity contribution in [2.75, 3.05) is 19.3 Å². The molecule has 0 atom stereocenters. The number of carbonyl (C=O) groups is 1. The van der Waals surface area contributed by atoms with Gasteiger partial charge in [0.2, 0.25) is 5.91 Å². The maximum atomic E-state index is 13.4. The molecule has 0 bridgehead atoms. The van der Waals surface area contributed by atoms with Crippen LogP contribution in [0.25, 0.3) is 0 Å². The molecule has 0 radical (unpaired) electrons. The van der Waals surface area contributed by atoms with Crippen LogP contribution in [-0.2, 0) is 27.2 Å². The lowest BCUT2D eigenvalue weighted by Gasteiger charge is -2.37. The van der Waals surface area contributed by atoms with Crippen molar-refractivity contribution in [2.24, 2.45) is 0 Å². The monoisotopic (exact) mass is 485 g/mol. The number of amides is 1. The summed E-state index contributed by atoms with van der Waals surface area (Å²) in [6, 6.07) is 8.43. The number of carbonyl (C=O) groups excluding carboxylic acids is 1. The molecule has 2 aromatic carbocycles. The molecule has 0 saturated carbocycles. The van der Waals surface area contributed by atoms with Gasteiger partial charge in [0, 0.05) is 19.3 Å². The Hall–Kier alpha value is -2.59. The zero-order chi connectivity index (χ0) is 24.4. The van der Waals surface area contributed by atoms with Crippen LogP contribution in [0, 0.1) is 0 Å². The SMILES string of the molecule is CCC1(O)CCN(C(=O)Cc2cc(Oc3ccc(S(C)(=O)=O)cc3)cc(C(F)(F)F)c2)CC1. The summed E-state index contributed by atoms with van der Waals surface area (Å²) in [6.45, 7) is 2.56. The minimum Gasteiger partial charge on any atom is -0.457 e. The van der Waals surface area contributed by atoms with Crippen molar-refractivity contribution < 1.29 is 36.2 Å². The highest BCUT2D eigenvalue weighted by Crippen LogP contribution is 2.35. The first kappa shape index (κ1) is 25.0. The van der Waals surface area contributed by atoms with E-state index in [1.54, 1.807) is 4.90 Å². The molecule has 1 N–H and O–H groups in total. The van der Waals surface area contributed by atoms with Gasteiger partial charge >= 0.3 is 6.18 Å². The van der Waals surface area contributed by atoms with Gasteiger partial charge in [0.1, 0.15) is 11.5 Å². The van der Waals surface area contributed by atoms with E-state index in [0.717, 1.165) is 18.4 Å². The number of sulfone groups is 1. The van der Waals surface area contributed by atoms with Crippen LogP contribution in [0.1, 0.15) is 37.3 Å². The number of benzene rings is 2. The number of alkyl halides is 3. The minimum atomic E-state index is -4.64. The zero-order valence-corrected chi connectivity index (χ0v) is 19.2. The lowest BCUT2D eigenvalue weighted by molar-refractivity contribution is -0.138. The quantitative estimate of drug-likeness (QED) is 0.663. The molecule has 1 fully saturated rings. The molecule has 6 nitrogen and oxygen atoms in total. The molecule has 1 aliphatic rings. The second-order valence-corrected chi connectivity index (χ2v) is 10.4. The second-order valence-electron chi connectivity index (χ2n) is 8.34. The summed E-state index contributed by atoms with van der Waals surface area (Å²) >= 11 is 0. The van der Waals surface area contributed by atoms with Crippen LogP contribution in [0.2, 0.25) is 0 Å². The van der Waals surface area contributed by atoms with E-state index in [0.29, 0.717) is 32.4 Å². The number of hydrogen-bond acceptors (Lipinski definition) is 5. The van der Waals surface area contributed by atoms with Crippen molar-refractivity contribution in [3.63, 3.8) is 0 Å². The summed E-state index contributed by atoms with van der Waals surface area (Å²) < 4.78 is 69.0. The largest absolute Gasteiger partial charge is 0.457 e. The zero-order valence-electron chi connectivity index (χ0n) is 18.4. The van der Waals surface area contributed by atoms with Gasteiger partial charge in [-0.3, -0.25) is 4.79 Å². The van der Waals surface area contributed by atoms with E-state index in [1.165, 1.54) is 30.3 Å². The van der Waals surface area contributed by atoms with Gasteiger partial charge in [0.05, 0.1) is 22.5 Å². The summed E-state index contributed by atoms with van der Waals surface area (Å²) in [5.41, 5.74) is -1.61. The maximum absolute atomic E-state index is 13.4. The standard InChI is InChI=1S/C23H26F3NO5S/c1-3-22(29)8-10-27(11-9-22)21(28)14-16-12-17(23(24,25)26)15-19(13-16)32-18-4-6-20(7-5-18)33(2,30)31/h4-7,12-13,15,29H,3,8-11,14H2,1-2H3. The molecule has 0 aliphatic carbocycles. The van der Waals surface area contributed by atoms with E-state index in [1.807, 2.05) is 6.92 Å². The molecule has 2 aromatic rings. The number of nitrogens with zero attached hydrogens (tertiary/aromatic N) is 1. The van der Waals surface area contributed by atoms with Gasteiger partial charge in [-0.25, -0.2) is 8.42 Å². The summed E-state index contributed by atoms with van der Waals surface area (Å²) in [7, 11) is -3.42. The highest BCUT2D eigenvalue weighted by atomic mass is 32.2. The van der Waals surface area contributed by atoms with E-state index >= 15 is 0 Å². The predicted molar refractivity (Wildman–Crippen MR) is 116 cm³/mol. The molecule has 0 unspecified atom stereocenters. The fraction of sp³-hybridized carbons (Fsp3) is 0.435. The third kappa shape index (κ3) is 6.48. The minimum absolute atomic E-state index is 0.0571. The Kier molecular flexibility index (Phi) is 7.09. The highest BCUT2D eigenvalue weighted by Gasteiger charge is 2.34. The smallest absolute Gasteiger partial charge is 0.416 e. The number of aliphatic hydroxyl groups is 1. The van der Waals surface area contributed by atoms with Crippen LogP contribution in [-0.4, -0.2) is 49.3 Å². The second kappa shape index (κ2) is 9.34. The van der Waals surface area contributed by atoms with E-state index in [2.05, 4.69) is 0 Å². The van der Waals surface area contributed by atoms with Crippen molar-refractivity contribution in [3.05, 3.63) is 53.6 Å². The predicted octanol–water partition coefficient (Wildman–Crippen LogP) is 4.21. The summed E-state index contributed by atoms with van der Waals surface area (Å²) in [6.07, 6.45) is -2.40. The lowest BCUT2D eigenvalue weighted by atomic mass is 9.89. The van der Waals surface area contributed by atoms with E-state index in [9.17, 15) is 31.5 Å². The first-order valence-electron chi connectivity index (χ1n) is 10.5. The number of piperidine rings is 1. The van der Waals surface area contributed by atoms with Crippen LogP contribution in [0.3, 0.4) is 0 Å². The molecule has 10 heteroatoms. The Balaban J connectivity index is 1.80. The maximum Gasteiger partial charge on any atom is 0.416 e. The van der Waals surface area contributed by atoms with Crippen LogP contribution in [0.15, 0.2) is 47.4 Å². The van der Waals surface area contributed by atoms with Crippen molar-refractivity contribution in [1.29, 1.82) is 0 Å². The Morgan fingerprint density at radius 1 is 1.09 bits per heavy atom. The summed E-state index contributed by atoms with van der Waals surface area (Å²) in [5, 5.41) is 10.3.